The van der Waals surface area contributed by atoms with Gasteiger partial charge in [-0.15, -0.1) is 0 Å². The Morgan fingerprint density at radius 1 is 0.905 bits per heavy atom. The van der Waals surface area contributed by atoms with Crippen LogP contribution in [0.5, 0.6) is 0 Å². The first-order chi connectivity index (χ1) is 9.88. The number of rotatable bonds is 4. The molecule has 0 aliphatic heterocycles. The third kappa shape index (κ3) is 4.01. The van der Waals surface area contributed by atoms with Crippen LogP contribution < -0.4 is 10.2 Å². The Hall–Kier alpha value is -1.96. The second-order valence-corrected chi connectivity index (χ2v) is 6.71. The number of anilines is 2. The third-order valence-electron chi connectivity index (χ3n) is 3.67. The molecule has 0 heterocycles. The van der Waals surface area contributed by atoms with Crippen molar-refractivity contribution < 1.29 is 0 Å². The molecule has 0 fully saturated rings. The number of nitrogens with zero attached hydrogens (tertiary/aromatic N) is 1. The lowest BCUT2D eigenvalue weighted by Gasteiger charge is -2.23. The van der Waals surface area contributed by atoms with Crippen LogP contribution in [0.25, 0.3) is 0 Å². The lowest BCUT2D eigenvalue weighted by atomic mass is 9.86. The van der Waals surface area contributed by atoms with Gasteiger partial charge in [-0.1, -0.05) is 51.1 Å². The van der Waals surface area contributed by atoms with Crippen molar-refractivity contribution in [2.45, 2.75) is 32.7 Å². The van der Waals surface area contributed by atoms with E-state index in [1.165, 1.54) is 22.5 Å². The van der Waals surface area contributed by atoms with Gasteiger partial charge in [-0.05, 0) is 34.7 Å². The van der Waals surface area contributed by atoms with E-state index in [0.717, 1.165) is 6.54 Å². The highest BCUT2D eigenvalue weighted by molar-refractivity contribution is 5.54. The number of hydrogen-bond donors (Lipinski definition) is 1. The highest BCUT2D eigenvalue weighted by Crippen LogP contribution is 2.29. The minimum absolute atomic E-state index is 0.151. The van der Waals surface area contributed by atoms with Gasteiger partial charge in [0.1, 0.15) is 0 Å². The Morgan fingerprint density at radius 2 is 1.52 bits per heavy atom. The summed E-state index contributed by atoms with van der Waals surface area (Å²) in [6, 6.07) is 17.3. The van der Waals surface area contributed by atoms with Crippen molar-refractivity contribution in [1.29, 1.82) is 0 Å². The number of para-hydroxylation sites is 1. The smallest absolute Gasteiger partial charge is 0.0400 e. The Kier molecular flexibility index (Phi) is 4.56. The highest BCUT2D eigenvalue weighted by atomic mass is 15.1. The van der Waals surface area contributed by atoms with Crippen LogP contribution in [0.2, 0.25) is 0 Å². The fourth-order valence-electron chi connectivity index (χ4n) is 2.40. The molecule has 2 heteroatoms. The monoisotopic (exact) mass is 282 g/mol. The molecule has 0 aliphatic rings. The topological polar surface area (TPSA) is 15.3 Å². The van der Waals surface area contributed by atoms with Crippen molar-refractivity contribution in [3.8, 4) is 0 Å². The van der Waals surface area contributed by atoms with E-state index < -0.39 is 0 Å². The third-order valence-corrected chi connectivity index (χ3v) is 3.67. The molecule has 0 amide bonds. The molecule has 0 radical (unpaired) electrons. The molecule has 0 saturated carbocycles. The van der Waals surface area contributed by atoms with Crippen molar-refractivity contribution in [2.75, 3.05) is 24.3 Å². The van der Waals surface area contributed by atoms with E-state index in [0.29, 0.717) is 0 Å². The van der Waals surface area contributed by atoms with Crippen LogP contribution in [0, 0.1) is 0 Å². The summed E-state index contributed by atoms with van der Waals surface area (Å²) < 4.78 is 0. The highest BCUT2D eigenvalue weighted by Gasteiger charge is 2.16. The second-order valence-electron chi connectivity index (χ2n) is 6.71. The van der Waals surface area contributed by atoms with Gasteiger partial charge in [0.05, 0.1) is 0 Å². The summed E-state index contributed by atoms with van der Waals surface area (Å²) in [4.78, 5) is 2.12. The predicted octanol–water partition coefficient (Wildman–Crippen LogP) is 4.66. The Bertz CT molecular complexity index is 577. The first-order valence-electron chi connectivity index (χ1n) is 7.47. The molecular formula is C19H26N2. The van der Waals surface area contributed by atoms with Crippen molar-refractivity contribution in [1.82, 2.24) is 0 Å². The zero-order valence-electron chi connectivity index (χ0n) is 13.8. The second kappa shape index (κ2) is 6.21. The maximum absolute atomic E-state index is 3.57. The summed E-state index contributed by atoms with van der Waals surface area (Å²) in [6.45, 7) is 7.60. The van der Waals surface area contributed by atoms with Gasteiger partial charge in [0, 0.05) is 32.0 Å². The molecular weight excluding hydrogens is 256 g/mol. The summed E-state index contributed by atoms with van der Waals surface area (Å²) in [7, 11) is 4.12. The fourth-order valence-corrected chi connectivity index (χ4v) is 2.40. The first-order valence-corrected chi connectivity index (χ1v) is 7.47. The van der Waals surface area contributed by atoms with Gasteiger partial charge in [-0.2, -0.15) is 0 Å². The van der Waals surface area contributed by atoms with Crippen LogP contribution in [0.1, 0.15) is 31.9 Å². The van der Waals surface area contributed by atoms with Crippen LogP contribution in [0.4, 0.5) is 11.4 Å². The number of benzene rings is 2. The minimum Gasteiger partial charge on any atom is -0.381 e. The first kappa shape index (κ1) is 15.4. The van der Waals surface area contributed by atoms with E-state index in [1.807, 2.05) is 0 Å². The van der Waals surface area contributed by atoms with Gasteiger partial charge < -0.3 is 10.2 Å². The summed E-state index contributed by atoms with van der Waals surface area (Å²) in [6.07, 6.45) is 0. The van der Waals surface area contributed by atoms with Gasteiger partial charge in [-0.3, -0.25) is 0 Å². The molecule has 2 nitrogen and oxygen atoms in total. The van der Waals surface area contributed by atoms with E-state index in [2.05, 4.69) is 93.6 Å². The average molecular weight is 282 g/mol. The zero-order chi connectivity index (χ0) is 15.5. The predicted molar refractivity (Wildman–Crippen MR) is 93.2 cm³/mol. The molecule has 0 bridgehead atoms. The SMILES string of the molecule is CN(C)c1ccc(CNc2ccccc2C(C)(C)C)cc1. The van der Waals surface area contributed by atoms with Crippen LogP contribution in [0.15, 0.2) is 48.5 Å². The van der Waals surface area contributed by atoms with E-state index in [9.17, 15) is 0 Å². The summed E-state index contributed by atoms with van der Waals surface area (Å²) in [5, 5.41) is 3.57. The largest absolute Gasteiger partial charge is 0.381 e. The van der Waals surface area contributed by atoms with Crippen LogP contribution in [-0.4, -0.2) is 14.1 Å². The van der Waals surface area contributed by atoms with Crippen LogP contribution in [0.3, 0.4) is 0 Å². The van der Waals surface area contributed by atoms with Crippen molar-refractivity contribution in [3.63, 3.8) is 0 Å². The molecule has 0 spiro atoms. The molecule has 0 saturated heterocycles. The minimum atomic E-state index is 0.151. The maximum atomic E-state index is 3.57. The van der Waals surface area contributed by atoms with Crippen LogP contribution >= 0.6 is 0 Å². The molecule has 0 unspecified atom stereocenters. The molecule has 1 N–H and O–H groups in total. The maximum Gasteiger partial charge on any atom is 0.0400 e. The molecule has 2 rings (SSSR count). The van der Waals surface area contributed by atoms with E-state index in [-0.39, 0.29) is 5.41 Å². The number of nitrogens with one attached hydrogen (secondary N) is 1. The van der Waals surface area contributed by atoms with Crippen LogP contribution in [-0.2, 0) is 12.0 Å². The summed E-state index contributed by atoms with van der Waals surface area (Å²) in [5.41, 5.74) is 5.26. The molecule has 21 heavy (non-hydrogen) atoms. The molecule has 0 aliphatic carbocycles. The van der Waals surface area contributed by atoms with Gasteiger partial charge in [0.25, 0.3) is 0 Å². The van der Waals surface area contributed by atoms with Gasteiger partial charge in [0.15, 0.2) is 0 Å². The molecule has 2 aromatic rings. The van der Waals surface area contributed by atoms with E-state index in [4.69, 9.17) is 0 Å². The Morgan fingerprint density at radius 3 is 2.10 bits per heavy atom. The van der Waals surface area contributed by atoms with Gasteiger partial charge in [-0.25, -0.2) is 0 Å². The van der Waals surface area contributed by atoms with E-state index >= 15 is 0 Å². The molecule has 112 valence electrons. The summed E-state index contributed by atoms with van der Waals surface area (Å²) in [5.74, 6) is 0. The molecule has 2 aromatic carbocycles. The van der Waals surface area contributed by atoms with E-state index in [1.54, 1.807) is 0 Å². The lowest BCUT2D eigenvalue weighted by Crippen LogP contribution is -2.14. The average Bonchev–Trinajstić information content (AvgIpc) is 2.45. The number of hydrogen-bond acceptors (Lipinski definition) is 2. The zero-order valence-corrected chi connectivity index (χ0v) is 13.8. The van der Waals surface area contributed by atoms with Crippen molar-refractivity contribution in [2.24, 2.45) is 0 Å². The lowest BCUT2D eigenvalue weighted by molar-refractivity contribution is 0.591. The quantitative estimate of drug-likeness (QED) is 0.877. The van der Waals surface area contributed by atoms with Crippen molar-refractivity contribution in [3.05, 3.63) is 59.7 Å². The molecule has 0 aromatic heterocycles. The standard InChI is InChI=1S/C19H26N2/c1-19(2,3)17-8-6-7-9-18(17)20-14-15-10-12-16(13-11-15)21(4)5/h6-13,20H,14H2,1-5H3. The normalized spacial score (nSPS) is 11.3. The van der Waals surface area contributed by atoms with Crippen molar-refractivity contribution >= 4 is 11.4 Å². The van der Waals surface area contributed by atoms with Gasteiger partial charge in [0.2, 0.25) is 0 Å². The Balaban J connectivity index is 2.10. The Labute approximate surface area is 128 Å². The molecule has 0 atom stereocenters. The fraction of sp³-hybridized carbons (Fsp3) is 0.368. The summed E-state index contributed by atoms with van der Waals surface area (Å²) >= 11 is 0. The van der Waals surface area contributed by atoms with Gasteiger partial charge >= 0.3 is 0 Å².